The number of aliphatic carboxylic acids is 3. The quantitative estimate of drug-likeness (QED) is 0.425. The van der Waals surface area contributed by atoms with Crippen LogP contribution in [0.5, 0.6) is 0 Å². The summed E-state index contributed by atoms with van der Waals surface area (Å²) in [4.78, 5) is 31.8. The van der Waals surface area contributed by atoms with Crippen molar-refractivity contribution in [1.29, 1.82) is 0 Å². The second kappa shape index (κ2) is 12.2. The van der Waals surface area contributed by atoms with Gasteiger partial charge in [0.05, 0.1) is 5.92 Å². The van der Waals surface area contributed by atoms with E-state index in [1.807, 2.05) is 0 Å². The Hall–Kier alpha value is -1.59. The average Bonchev–Trinajstić information content (AvgIpc) is 2.38. The normalized spacial score (nSPS) is 12.0. The molecule has 0 saturated heterocycles. The lowest BCUT2D eigenvalue weighted by atomic mass is 9.94. The summed E-state index contributed by atoms with van der Waals surface area (Å²) in [5.74, 6) is -2.76. The Labute approximate surface area is 125 Å². The molecule has 0 aromatic heterocycles. The molecule has 0 rings (SSSR count). The lowest BCUT2D eigenvalue weighted by Crippen LogP contribution is -2.13. The molecule has 1 atom stereocenters. The maximum atomic E-state index is 11.1. The molecule has 0 radical (unpaired) electrons. The zero-order valence-electron chi connectivity index (χ0n) is 12.4. The van der Waals surface area contributed by atoms with Crippen LogP contribution in [0.25, 0.3) is 0 Å². The molecule has 0 bridgehead atoms. The highest BCUT2D eigenvalue weighted by molar-refractivity contribution is 5.69. The van der Waals surface area contributed by atoms with Crippen LogP contribution in [-0.2, 0) is 14.4 Å². The van der Waals surface area contributed by atoms with Gasteiger partial charge in [-0.1, -0.05) is 32.1 Å². The van der Waals surface area contributed by atoms with Gasteiger partial charge in [-0.25, -0.2) is 0 Å². The van der Waals surface area contributed by atoms with Gasteiger partial charge in [-0.15, -0.1) is 0 Å². The van der Waals surface area contributed by atoms with E-state index in [9.17, 15) is 14.4 Å². The molecule has 0 fully saturated rings. The molecule has 0 aromatic rings. The van der Waals surface area contributed by atoms with Gasteiger partial charge in [0, 0.05) is 12.8 Å². The summed E-state index contributed by atoms with van der Waals surface area (Å²) >= 11 is 0. The van der Waals surface area contributed by atoms with Gasteiger partial charge in [0.15, 0.2) is 0 Å². The van der Waals surface area contributed by atoms with Crippen LogP contribution in [0.2, 0.25) is 0 Å². The summed E-state index contributed by atoms with van der Waals surface area (Å²) in [7, 11) is 0. The second-order valence-electron chi connectivity index (χ2n) is 5.37. The third-order valence-electron chi connectivity index (χ3n) is 3.49. The molecule has 122 valence electrons. The van der Waals surface area contributed by atoms with E-state index < -0.39 is 17.9 Å². The van der Waals surface area contributed by atoms with Crippen molar-refractivity contribution < 1.29 is 29.7 Å². The van der Waals surface area contributed by atoms with Crippen molar-refractivity contribution in [3.8, 4) is 0 Å². The van der Waals surface area contributed by atoms with E-state index in [-0.39, 0.29) is 18.8 Å². The van der Waals surface area contributed by atoms with Crippen LogP contribution < -0.4 is 0 Å². The lowest BCUT2D eigenvalue weighted by Gasteiger charge is -2.11. The maximum absolute atomic E-state index is 11.1. The molecule has 0 aliphatic rings. The van der Waals surface area contributed by atoms with Gasteiger partial charge in [-0.2, -0.15) is 0 Å². The summed E-state index contributed by atoms with van der Waals surface area (Å²) in [6.45, 7) is 0. The van der Waals surface area contributed by atoms with Gasteiger partial charge in [0.25, 0.3) is 0 Å². The first kappa shape index (κ1) is 19.4. The predicted octanol–water partition coefficient (Wildman–Crippen LogP) is 3.15. The lowest BCUT2D eigenvalue weighted by molar-refractivity contribution is -0.142. The topological polar surface area (TPSA) is 112 Å². The first-order valence-corrected chi connectivity index (χ1v) is 7.60. The fourth-order valence-corrected chi connectivity index (χ4v) is 2.26. The van der Waals surface area contributed by atoms with Crippen LogP contribution in [0, 0.1) is 5.92 Å². The highest BCUT2D eigenvalue weighted by atomic mass is 16.4. The molecular weight excluding hydrogens is 276 g/mol. The van der Waals surface area contributed by atoms with Crippen LogP contribution >= 0.6 is 0 Å². The minimum atomic E-state index is -0.814. The number of hydrogen-bond acceptors (Lipinski definition) is 3. The van der Waals surface area contributed by atoms with Gasteiger partial charge in [0.2, 0.25) is 0 Å². The number of carboxylic acid groups (broad SMARTS) is 3. The van der Waals surface area contributed by atoms with Gasteiger partial charge in [0.1, 0.15) is 0 Å². The Bertz CT molecular complexity index is 326. The third kappa shape index (κ3) is 13.2. The fraction of sp³-hybridized carbons (Fsp3) is 0.800. The van der Waals surface area contributed by atoms with E-state index in [1.165, 1.54) is 0 Å². The molecule has 21 heavy (non-hydrogen) atoms. The first-order chi connectivity index (χ1) is 9.93. The van der Waals surface area contributed by atoms with Crippen LogP contribution in [0.15, 0.2) is 0 Å². The van der Waals surface area contributed by atoms with Gasteiger partial charge >= 0.3 is 17.9 Å². The third-order valence-corrected chi connectivity index (χ3v) is 3.49. The number of unbranched alkanes of at least 4 members (excludes halogenated alkanes) is 5. The highest BCUT2D eigenvalue weighted by Crippen LogP contribution is 2.18. The molecule has 0 spiro atoms. The van der Waals surface area contributed by atoms with Crippen LogP contribution in [0.1, 0.15) is 70.6 Å². The Morgan fingerprint density at radius 2 is 1.00 bits per heavy atom. The number of carboxylic acids is 3. The summed E-state index contributed by atoms with van der Waals surface area (Å²) in [6.07, 6.45) is 6.70. The van der Waals surface area contributed by atoms with Gasteiger partial charge < -0.3 is 15.3 Å². The average molecular weight is 302 g/mol. The summed E-state index contributed by atoms with van der Waals surface area (Å²) in [5.41, 5.74) is 0. The number of carbonyl (C=O) groups is 3. The van der Waals surface area contributed by atoms with Crippen molar-refractivity contribution in [2.45, 2.75) is 70.6 Å². The van der Waals surface area contributed by atoms with Crippen molar-refractivity contribution in [1.82, 2.24) is 0 Å². The SMILES string of the molecule is O=C(O)CCCCCCC(CCCCCC(=O)O)C(=O)O. The van der Waals surface area contributed by atoms with E-state index in [0.717, 1.165) is 32.1 Å². The van der Waals surface area contributed by atoms with Crippen LogP contribution in [-0.4, -0.2) is 33.2 Å². The van der Waals surface area contributed by atoms with E-state index >= 15 is 0 Å². The molecule has 0 aromatic carbocycles. The zero-order valence-corrected chi connectivity index (χ0v) is 12.4. The summed E-state index contributed by atoms with van der Waals surface area (Å²) < 4.78 is 0. The summed E-state index contributed by atoms with van der Waals surface area (Å²) in [6, 6.07) is 0. The second-order valence-corrected chi connectivity index (χ2v) is 5.37. The smallest absolute Gasteiger partial charge is 0.306 e. The van der Waals surface area contributed by atoms with Gasteiger partial charge in [-0.05, 0) is 25.7 Å². The number of rotatable bonds is 14. The molecule has 1 unspecified atom stereocenters. The van der Waals surface area contributed by atoms with Crippen LogP contribution in [0.3, 0.4) is 0 Å². The van der Waals surface area contributed by atoms with Crippen molar-refractivity contribution in [2.75, 3.05) is 0 Å². The first-order valence-electron chi connectivity index (χ1n) is 7.60. The van der Waals surface area contributed by atoms with Gasteiger partial charge in [-0.3, -0.25) is 14.4 Å². The fourth-order valence-electron chi connectivity index (χ4n) is 2.26. The van der Waals surface area contributed by atoms with E-state index in [0.29, 0.717) is 25.7 Å². The highest BCUT2D eigenvalue weighted by Gasteiger charge is 2.16. The molecule has 6 heteroatoms. The molecule has 0 heterocycles. The zero-order chi connectivity index (χ0) is 16.1. The minimum absolute atomic E-state index is 0.140. The molecule has 0 aliphatic heterocycles. The molecule has 6 nitrogen and oxygen atoms in total. The Morgan fingerprint density at radius 3 is 1.38 bits per heavy atom. The van der Waals surface area contributed by atoms with Crippen molar-refractivity contribution >= 4 is 17.9 Å². The van der Waals surface area contributed by atoms with E-state index in [4.69, 9.17) is 15.3 Å². The molecular formula is C15H26O6. The predicted molar refractivity (Wildman–Crippen MR) is 77.2 cm³/mol. The standard InChI is InChI=1S/C15H26O6/c16-13(17)10-6-2-1-4-8-12(15(20)21)9-5-3-7-11-14(18)19/h12H,1-11H2,(H,16,17)(H,18,19)(H,20,21). The summed E-state index contributed by atoms with van der Waals surface area (Å²) in [5, 5.41) is 26.1. The minimum Gasteiger partial charge on any atom is -0.481 e. The molecule has 0 saturated carbocycles. The van der Waals surface area contributed by atoms with E-state index in [1.54, 1.807) is 0 Å². The largest absolute Gasteiger partial charge is 0.481 e. The molecule has 0 amide bonds. The van der Waals surface area contributed by atoms with Crippen molar-refractivity contribution in [3.05, 3.63) is 0 Å². The van der Waals surface area contributed by atoms with Crippen molar-refractivity contribution in [3.63, 3.8) is 0 Å². The Balaban J connectivity index is 3.65. The van der Waals surface area contributed by atoms with Crippen molar-refractivity contribution in [2.24, 2.45) is 5.92 Å². The molecule has 3 N–H and O–H groups in total. The number of hydrogen-bond donors (Lipinski definition) is 3. The maximum Gasteiger partial charge on any atom is 0.306 e. The molecule has 0 aliphatic carbocycles. The van der Waals surface area contributed by atoms with E-state index in [2.05, 4.69) is 0 Å². The Morgan fingerprint density at radius 1 is 0.619 bits per heavy atom. The monoisotopic (exact) mass is 302 g/mol. The Kier molecular flexibility index (Phi) is 11.3. The van der Waals surface area contributed by atoms with Crippen LogP contribution in [0.4, 0.5) is 0 Å².